The number of hydrogen-bond donors (Lipinski definition) is 1. The molecule has 24 heavy (non-hydrogen) atoms. The highest BCUT2D eigenvalue weighted by Gasteiger charge is 2.27. The van der Waals surface area contributed by atoms with Crippen molar-refractivity contribution in [3.05, 3.63) is 53.8 Å². The molecule has 126 valence electrons. The maximum atomic E-state index is 13.5. The van der Waals surface area contributed by atoms with Gasteiger partial charge in [-0.3, -0.25) is 0 Å². The summed E-state index contributed by atoms with van der Waals surface area (Å²) in [5.41, 5.74) is 0.533. The van der Waals surface area contributed by atoms with Gasteiger partial charge in [0, 0.05) is 13.1 Å². The third kappa shape index (κ3) is 3.05. The first-order chi connectivity index (χ1) is 11.4. The van der Waals surface area contributed by atoms with E-state index in [4.69, 9.17) is 5.11 Å². The summed E-state index contributed by atoms with van der Waals surface area (Å²) in [7, 11) is -3.56. The lowest BCUT2D eigenvalue weighted by Gasteiger charge is -2.16. The first kappa shape index (κ1) is 16.6. The highest BCUT2D eigenvalue weighted by molar-refractivity contribution is 7.89. The van der Waals surface area contributed by atoms with E-state index in [1.807, 2.05) is 0 Å². The van der Waals surface area contributed by atoms with E-state index in [0.29, 0.717) is 24.2 Å². The van der Waals surface area contributed by atoms with Crippen LogP contribution in [0.15, 0.2) is 47.4 Å². The maximum Gasteiger partial charge on any atom is 0.338 e. The molecule has 1 N–H and O–H groups in total. The highest BCUT2D eigenvalue weighted by atomic mass is 32.2. The number of rotatable bonds is 4. The van der Waals surface area contributed by atoms with Crippen LogP contribution in [0, 0.1) is 5.82 Å². The van der Waals surface area contributed by atoms with Gasteiger partial charge >= 0.3 is 5.97 Å². The smallest absolute Gasteiger partial charge is 0.338 e. The Bertz CT molecular complexity index is 889. The van der Waals surface area contributed by atoms with E-state index in [-0.39, 0.29) is 4.90 Å². The van der Waals surface area contributed by atoms with Crippen LogP contribution in [0.25, 0.3) is 11.1 Å². The molecule has 7 heteroatoms. The number of carboxylic acids is 1. The fourth-order valence-electron chi connectivity index (χ4n) is 2.78. The molecule has 0 saturated carbocycles. The number of hydrogen-bond acceptors (Lipinski definition) is 3. The van der Waals surface area contributed by atoms with Crippen molar-refractivity contribution in [2.24, 2.45) is 0 Å². The van der Waals surface area contributed by atoms with Gasteiger partial charge in [-0.15, -0.1) is 0 Å². The molecule has 0 atom stereocenters. The van der Waals surface area contributed by atoms with Gasteiger partial charge in [0.2, 0.25) is 10.0 Å². The molecule has 1 aliphatic rings. The summed E-state index contributed by atoms with van der Waals surface area (Å²) >= 11 is 0. The molecule has 0 bridgehead atoms. The molecule has 0 amide bonds. The molecule has 1 heterocycles. The Kier molecular flexibility index (Phi) is 4.38. The molecular formula is C17H16FNO4S. The normalized spacial score (nSPS) is 15.5. The van der Waals surface area contributed by atoms with Crippen LogP contribution in [0.3, 0.4) is 0 Å². The van der Waals surface area contributed by atoms with Gasteiger partial charge in [-0.1, -0.05) is 18.2 Å². The number of carboxylic acid groups (broad SMARTS) is 1. The Hall–Kier alpha value is -2.25. The minimum atomic E-state index is -3.56. The summed E-state index contributed by atoms with van der Waals surface area (Å²) in [4.78, 5) is 11.2. The number of carbonyl (C=O) groups is 1. The molecule has 0 unspecified atom stereocenters. The number of halogens is 1. The van der Waals surface area contributed by atoms with Crippen molar-refractivity contribution >= 4 is 16.0 Å². The van der Waals surface area contributed by atoms with Crippen LogP contribution in [0.2, 0.25) is 0 Å². The molecule has 1 aliphatic heterocycles. The topological polar surface area (TPSA) is 74.7 Å². The van der Waals surface area contributed by atoms with Gasteiger partial charge in [0.25, 0.3) is 0 Å². The summed E-state index contributed by atoms with van der Waals surface area (Å²) < 4.78 is 40.2. The van der Waals surface area contributed by atoms with E-state index in [2.05, 4.69) is 0 Å². The quantitative estimate of drug-likeness (QED) is 0.921. The van der Waals surface area contributed by atoms with Crippen molar-refractivity contribution in [3.63, 3.8) is 0 Å². The lowest BCUT2D eigenvalue weighted by molar-refractivity contribution is 0.0692. The number of aromatic carboxylic acids is 1. The number of nitrogens with zero attached hydrogens (tertiary/aromatic N) is 1. The van der Waals surface area contributed by atoms with Gasteiger partial charge < -0.3 is 5.11 Å². The minimum Gasteiger partial charge on any atom is -0.478 e. The Morgan fingerprint density at radius 2 is 1.71 bits per heavy atom. The van der Waals surface area contributed by atoms with Crippen LogP contribution >= 0.6 is 0 Å². The van der Waals surface area contributed by atoms with Gasteiger partial charge in [0.1, 0.15) is 5.82 Å². The lowest BCUT2D eigenvalue weighted by atomic mass is 10.0. The van der Waals surface area contributed by atoms with E-state index in [9.17, 15) is 17.6 Å². The third-order valence-corrected chi connectivity index (χ3v) is 5.96. The average molecular weight is 349 g/mol. The molecule has 2 aromatic carbocycles. The first-order valence-corrected chi connectivity index (χ1v) is 8.97. The van der Waals surface area contributed by atoms with Crippen LogP contribution in [0.5, 0.6) is 0 Å². The second kappa shape index (κ2) is 6.33. The minimum absolute atomic E-state index is 0.156. The van der Waals surface area contributed by atoms with Crippen LogP contribution in [0.1, 0.15) is 23.2 Å². The summed E-state index contributed by atoms with van der Waals surface area (Å²) in [5, 5.41) is 9.02. The molecule has 0 spiro atoms. The van der Waals surface area contributed by atoms with Crippen LogP contribution < -0.4 is 0 Å². The van der Waals surface area contributed by atoms with Gasteiger partial charge in [0.05, 0.1) is 10.5 Å². The molecular weight excluding hydrogens is 333 g/mol. The Morgan fingerprint density at radius 3 is 2.38 bits per heavy atom. The van der Waals surface area contributed by atoms with E-state index < -0.39 is 27.4 Å². The zero-order chi connectivity index (χ0) is 17.3. The Balaban J connectivity index is 2.02. The molecule has 0 aliphatic carbocycles. The van der Waals surface area contributed by atoms with Crippen molar-refractivity contribution in [1.29, 1.82) is 0 Å². The van der Waals surface area contributed by atoms with Crippen molar-refractivity contribution in [1.82, 2.24) is 4.31 Å². The van der Waals surface area contributed by atoms with E-state index in [1.54, 1.807) is 12.1 Å². The van der Waals surface area contributed by atoms with Crippen molar-refractivity contribution in [2.45, 2.75) is 17.7 Å². The predicted octanol–water partition coefficient (Wildman–Crippen LogP) is 2.98. The third-order valence-electron chi connectivity index (χ3n) is 4.07. The van der Waals surface area contributed by atoms with Crippen molar-refractivity contribution < 1.29 is 22.7 Å². The largest absolute Gasteiger partial charge is 0.478 e. The summed E-state index contributed by atoms with van der Waals surface area (Å²) in [6, 6.07) is 9.98. The standard InChI is InChI=1S/C17H16FNO4S/c18-16-7-6-13(11-15(16)17(20)21)12-4-3-5-14(10-12)24(22,23)19-8-1-2-9-19/h3-7,10-11H,1-2,8-9H2,(H,20,21). The summed E-state index contributed by atoms with van der Waals surface area (Å²) in [5.74, 6) is -2.19. The molecule has 1 saturated heterocycles. The van der Waals surface area contributed by atoms with Crippen LogP contribution in [0.4, 0.5) is 4.39 Å². The molecule has 0 radical (unpaired) electrons. The van der Waals surface area contributed by atoms with E-state index in [0.717, 1.165) is 18.9 Å². The number of benzene rings is 2. The molecule has 0 aromatic heterocycles. The number of sulfonamides is 1. The molecule has 3 rings (SSSR count). The SMILES string of the molecule is O=C(O)c1cc(-c2cccc(S(=O)(=O)N3CCCC3)c2)ccc1F. The molecule has 5 nitrogen and oxygen atoms in total. The van der Waals surface area contributed by atoms with Crippen molar-refractivity contribution in [3.8, 4) is 11.1 Å². The lowest BCUT2D eigenvalue weighted by Crippen LogP contribution is -2.27. The second-order valence-corrected chi connectivity index (χ2v) is 7.58. The van der Waals surface area contributed by atoms with E-state index in [1.165, 1.54) is 28.6 Å². The van der Waals surface area contributed by atoms with E-state index >= 15 is 0 Å². The van der Waals surface area contributed by atoms with Gasteiger partial charge in [-0.2, -0.15) is 4.31 Å². The fourth-order valence-corrected chi connectivity index (χ4v) is 4.35. The predicted molar refractivity (Wildman–Crippen MR) is 86.8 cm³/mol. The molecule has 2 aromatic rings. The Morgan fingerprint density at radius 1 is 1.04 bits per heavy atom. The van der Waals surface area contributed by atoms with Crippen LogP contribution in [-0.2, 0) is 10.0 Å². The monoisotopic (exact) mass is 349 g/mol. The highest BCUT2D eigenvalue weighted by Crippen LogP contribution is 2.27. The maximum absolute atomic E-state index is 13.5. The summed E-state index contributed by atoms with van der Waals surface area (Å²) in [6.45, 7) is 1.01. The van der Waals surface area contributed by atoms with Gasteiger partial charge in [-0.05, 0) is 48.2 Å². The zero-order valence-electron chi connectivity index (χ0n) is 12.8. The zero-order valence-corrected chi connectivity index (χ0v) is 13.6. The Labute approximate surface area is 139 Å². The van der Waals surface area contributed by atoms with Crippen molar-refractivity contribution in [2.75, 3.05) is 13.1 Å². The second-order valence-electron chi connectivity index (χ2n) is 5.64. The van der Waals surface area contributed by atoms with Crippen LogP contribution in [-0.4, -0.2) is 36.9 Å². The average Bonchev–Trinajstić information content (AvgIpc) is 3.10. The fraction of sp³-hybridized carbons (Fsp3) is 0.235. The summed E-state index contributed by atoms with van der Waals surface area (Å²) in [6.07, 6.45) is 1.69. The molecule has 1 fully saturated rings. The first-order valence-electron chi connectivity index (χ1n) is 7.53. The van der Waals surface area contributed by atoms with Gasteiger partial charge in [-0.25, -0.2) is 17.6 Å². The van der Waals surface area contributed by atoms with Gasteiger partial charge in [0.15, 0.2) is 0 Å².